The van der Waals surface area contributed by atoms with Crippen molar-refractivity contribution in [1.82, 2.24) is 14.8 Å². The van der Waals surface area contributed by atoms with Gasteiger partial charge in [-0.05, 0) is 28.4 Å². The van der Waals surface area contributed by atoms with Crippen molar-refractivity contribution >= 4 is 15.9 Å². The minimum Gasteiger partial charge on any atom is -0.452 e. The Balaban J connectivity index is 2.08. The molecule has 0 bridgehead atoms. The van der Waals surface area contributed by atoms with E-state index in [1.54, 1.807) is 18.6 Å². The number of hydrogen-bond donors (Lipinski definition) is 0. The van der Waals surface area contributed by atoms with Crippen LogP contribution in [0.2, 0.25) is 0 Å². The fraction of sp³-hybridized carbons (Fsp3) is 0.273. The van der Waals surface area contributed by atoms with Gasteiger partial charge in [0, 0.05) is 17.2 Å². The summed E-state index contributed by atoms with van der Waals surface area (Å²) < 4.78 is 8.37. The summed E-state index contributed by atoms with van der Waals surface area (Å²) in [6.07, 6.45) is 8.02. The number of ether oxygens (including phenoxy) is 1. The van der Waals surface area contributed by atoms with Gasteiger partial charge >= 0.3 is 0 Å². The lowest BCUT2D eigenvalue weighted by molar-refractivity contribution is 0.478. The van der Waals surface area contributed by atoms with E-state index in [0.29, 0.717) is 5.75 Å². The van der Waals surface area contributed by atoms with Gasteiger partial charge in [-0.25, -0.2) is 0 Å². The van der Waals surface area contributed by atoms with Crippen molar-refractivity contribution in [3.63, 3.8) is 0 Å². The van der Waals surface area contributed by atoms with Gasteiger partial charge in [-0.2, -0.15) is 5.10 Å². The van der Waals surface area contributed by atoms with Crippen molar-refractivity contribution in [1.29, 1.82) is 0 Å². The summed E-state index contributed by atoms with van der Waals surface area (Å²) in [5.41, 5.74) is 0. The van der Waals surface area contributed by atoms with Crippen molar-refractivity contribution < 1.29 is 4.74 Å². The maximum atomic E-state index is 5.61. The average Bonchev–Trinajstić information content (AvgIpc) is 2.66. The molecule has 0 aliphatic rings. The third-order valence-electron chi connectivity index (χ3n) is 1.98. The van der Waals surface area contributed by atoms with Crippen LogP contribution in [0.3, 0.4) is 0 Å². The molecule has 84 valence electrons. The Morgan fingerprint density at radius 3 is 2.94 bits per heavy atom. The molecule has 0 atom stereocenters. The van der Waals surface area contributed by atoms with E-state index < -0.39 is 0 Å². The first kappa shape index (κ1) is 11.1. The lowest BCUT2D eigenvalue weighted by Crippen LogP contribution is -1.95. The summed E-state index contributed by atoms with van der Waals surface area (Å²) in [6, 6.07) is 1.87. The highest BCUT2D eigenvalue weighted by Gasteiger charge is 2.01. The Bertz CT molecular complexity index is 470. The van der Waals surface area contributed by atoms with Crippen LogP contribution >= 0.6 is 15.9 Å². The molecule has 0 aromatic carbocycles. The van der Waals surface area contributed by atoms with E-state index in [0.717, 1.165) is 23.2 Å². The molecule has 5 heteroatoms. The van der Waals surface area contributed by atoms with E-state index in [1.807, 2.05) is 16.9 Å². The normalized spacial score (nSPS) is 10.4. The molecule has 0 saturated heterocycles. The summed E-state index contributed by atoms with van der Waals surface area (Å²) in [4.78, 5) is 4.02. The minimum absolute atomic E-state index is 0.699. The van der Waals surface area contributed by atoms with Crippen molar-refractivity contribution in [3.8, 4) is 11.5 Å². The monoisotopic (exact) mass is 281 g/mol. The maximum Gasteiger partial charge on any atom is 0.165 e. The zero-order valence-corrected chi connectivity index (χ0v) is 10.5. The molecule has 2 heterocycles. The molecular weight excluding hydrogens is 270 g/mol. The summed E-state index contributed by atoms with van der Waals surface area (Å²) >= 11 is 3.34. The van der Waals surface area contributed by atoms with Crippen molar-refractivity contribution in [2.45, 2.75) is 19.9 Å². The molecule has 0 N–H and O–H groups in total. The minimum atomic E-state index is 0.699. The van der Waals surface area contributed by atoms with Gasteiger partial charge in [-0.15, -0.1) is 0 Å². The molecule has 0 amide bonds. The first-order valence-electron chi connectivity index (χ1n) is 5.09. The Kier molecular flexibility index (Phi) is 3.56. The molecule has 2 aromatic rings. The number of halogens is 1. The summed E-state index contributed by atoms with van der Waals surface area (Å²) in [5.74, 6) is 1.43. The first-order valence-corrected chi connectivity index (χ1v) is 5.88. The van der Waals surface area contributed by atoms with Gasteiger partial charge in [0.15, 0.2) is 5.75 Å². The lowest BCUT2D eigenvalue weighted by atomic mass is 10.4. The van der Waals surface area contributed by atoms with Crippen molar-refractivity contribution in [2.24, 2.45) is 0 Å². The second kappa shape index (κ2) is 5.12. The average molecular weight is 282 g/mol. The SMILES string of the molecule is CCCn1cc(Oc2cncc(Br)c2)cn1. The number of aryl methyl sites for hydroxylation is 1. The van der Waals surface area contributed by atoms with E-state index in [1.165, 1.54) is 0 Å². The van der Waals surface area contributed by atoms with Gasteiger partial charge in [0.2, 0.25) is 0 Å². The van der Waals surface area contributed by atoms with Crippen LogP contribution < -0.4 is 4.74 Å². The van der Waals surface area contributed by atoms with Crippen LogP contribution in [0.5, 0.6) is 11.5 Å². The van der Waals surface area contributed by atoms with E-state index in [9.17, 15) is 0 Å². The highest BCUT2D eigenvalue weighted by molar-refractivity contribution is 9.10. The smallest absolute Gasteiger partial charge is 0.165 e. The summed E-state index contributed by atoms with van der Waals surface area (Å²) in [7, 11) is 0. The van der Waals surface area contributed by atoms with Gasteiger partial charge in [-0.3, -0.25) is 9.67 Å². The predicted octanol–water partition coefficient (Wildman–Crippen LogP) is 3.24. The topological polar surface area (TPSA) is 39.9 Å². The molecule has 2 rings (SSSR count). The Morgan fingerprint density at radius 1 is 1.31 bits per heavy atom. The third-order valence-corrected chi connectivity index (χ3v) is 2.41. The number of nitrogens with zero attached hydrogens (tertiary/aromatic N) is 3. The van der Waals surface area contributed by atoms with Crippen LogP contribution in [0.1, 0.15) is 13.3 Å². The number of rotatable bonds is 4. The fourth-order valence-electron chi connectivity index (χ4n) is 1.33. The van der Waals surface area contributed by atoms with Crippen molar-refractivity contribution in [2.75, 3.05) is 0 Å². The molecule has 0 spiro atoms. The highest BCUT2D eigenvalue weighted by Crippen LogP contribution is 2.22. The molecule has 0 saturated carbocycles. The van der Waals surface area contributed by atoms with Crippen LogP contribution in [-0.4, -0.2) is 14.8 Å². The summed E-state index contributed by atoms with van der Waals surface area (Å²) in [6.45, 7) is 3.01. The molecule has 2 aromatic heterocycles. The van der Waals surface area contributed by atoms with Crippen LogP contribution in [-0.2, 0) is 6.54 Å². The Hall–Kier alpha value is -1.36. The van der Waals surface area contributed by atoms with E-state index >= 15 is 0 Å². The molecule has 0 unspecified atom stereocenters. The second-order valence-corrected chi connectivity index (χ2v) is 4.30. The largest absolute Gasteiger partial charge is 0.452 e. The van der Waals surface area contributed by atoms with E-state index in [2.05, 4.69) is 32.9 Å². The van der Waals surface area contributed by atoms with Gasteiger partial charge in [0.25, 0.3) is 0 Å². The number of aromatic nitrogens is 3. The van der Waals surface area contributed by atoms with Crippen LogP contribution in [0.15, 0.2) is 35.3 Å². The van der Waals surface area contributed by atoms with Crippen LogP contribution in [0.4, 0.5) is 0 Å². The van der Waals surface area contributed by atoms with Gasteiger partial charge in [0.05, 0.1) is 18.6 Å². The van der Waals surface area contributed by atoms with Crippen LogP contribution in [0.25, 0.3) is 0 Å². The zero-order valence-electron chi connectivity index (χ0n) is 8.93. The molecule has 0 aliphatic carbocycles. The molecular formula is C11H12BrN3O. The van der Waals surface area contributed by atoms with Gasteiger partial charge in [-0.1, -0.05) is 6.92 Å². The van der Waals surface area contributed by atoms with Crippen LogP contribution in [0, 0.1) is 0 Å². The quantitative estimate of drug-likeness (QED) is 0.864. The first-order chi connectivity index (χ1) is 7.78. The molecule has 16 heavy (non-hydrogen) atoms. The molecule has 0 fully saturated rings. The number of pyridine rings is 1. The standard InChI is InChI=1S/C11H12BrN3O/c1-2-3-15-8-11(7-14-15)16-10-4-9(12)5-13-6-10/h4-8H,2-3H2,1H3. The highest BCUT2D eigenvalue weighted by atomic mass is 79.9. The number of hydrogen-bond acceptors (Lipinski definition) is 3. The maximum absolute atomic E-state index is 5.61. The summed E-state index contributed by atoms with van der Waals surface area (Å²) in [5, 5.41) is 4.18. The fourth-order valence-corrected chi connectivity index (χ4v) is 1.68. The Labute approximate surface area is 102 Å². The molecule has 0 aliphatic heterocycles. The second-order valence-electron chi connectivity index (χ2n) is 3.38. The van der Waals surface area contributed by atoms with Gasteiger partial charge < -0.3 is 4.74 Å². The Morgan fingerprint density at radius 2 is 2.19 bits per heavy atom. The van der Waals surface area contributed by atoms with Gasteiger partial charge in [0.1, 0.15) is 5.75 Å². The molecule has 4 nitrogen and oxygen atoms in total. The molecule has 0 radical (unpaired) electrons. The zero-order chi connectivity index (χ0) is 11.4. The van der Waals surface area contributed by atoms with E-state index in [-0.39, 0.29) is 0 Å². The predicted molar refractivity (Wildman–Crippen MR) is 64.5 cm³/mol. The third kappa shape index (κ3) is 2.82. The van der Waals surface area contributed by atoms with E-state index in [4.69, 9.17) is 4.74 Å². The van der Waals surface area contributed by atoms with Crippen molar-refractivity contribution in [3.05, 3.63) is 35.3 Å². The lowest BCUT2D eigenvalue weighted by Gasteiger charge is -2.01.